The van der Waals surface area contributed by atoms with Crippen molar-refractivity contribution in [3.63, 3.8) is 0 Å². The molecule has 3 amide bonds. The molecule has 4 atom stereocenters. The molecule has 1 aliphatic carbocycles. The topological polar surface area (TPSA) is 177 Å². The molecule has 64 heavy (non-hydrogen) atoms. The van der Waals surface area contributed by atoms with E-state index < -0.39 is 36.1 Å². The number of nitrogens with one attached hydrogen (secondary N) is 2. The summed E-state index contributed by atoms with van der Waals surface area (Å²) in [6.07, 6.45) is 0.326. The molecule has 2 saturated heterocycles. The van der Waals surface area contributed by atoms with Crippen LogP contribution in [-0.4, -0.2) is 120 Å². The minimum absolute atomic E-state index is 0.00751. The number of nitrogens with zero attached hydrogens (tertiary/aromatic N) is 5. The van der Waals surface area contributed by atoms with Crippen molar-refractivity contribution in [3.05, 3.63) is 87.5 Å². The number of hydrogen-bond donors (Lipinski definition) is 3. The molecule has 2 aliphatic heterocycles. The number of amides is 3. The minimum atomic E-state index is -0.944. The van der Waals surface area contributed by atoms with Gasteiger partial charge in [0, 0.05) is 92.3 Å². The third-order valence-corrected chi connectivity index (χ3v) is 13.7. The molecule has 0 radical (unpaired) electrons. The second-order valence-corrected chi connectivity index (χ2v) is 19.7. The van der Waals surface area contributed by atoms with Crippen LogP contribution in [0.25, 0.3) is 0 Å². The molecule has 16 heteroatoms. The summed E-state index contributed by atoms with van der Waals surface area (Å²) in [4.78, 5) is 64.2. The van der Waals surface area contributed by atoms with Crippen LogP contribution in [0.4, 0.5) is 5.82 Å². The Morgan fingerprint density at radius 3 is 2.27 bits per heavy atom. The lowest BCUT2D eigenvalue weighted by atomic mass is 9.44. The van der Waals surface area contributed by atoms with Crippen molar-refractivity contribution in [3.8, 4) is 11.8 Å². The highest BCUT2D eigenvalue weighted by Gasteiger charge is 2.63. The van der Waals surface area contributed by atoms with Gasteiger partial charge in [0.2, 0.25) is 17.7 Å². The van der Waals surface area contributed by atoms with Gasteiger partial charge < -0.3 is 35.0 Å². The normalized spacial score (nSPS) is 22.5. The number of halogens is 2. The number of β-amino-alcohol motifs (C(OH)–C–C–N with tert-alkyl or cyclic N) is 1. The van der Waals surface area contributed by atoms with Crippen molar-refractivity contribution in [2.45, 2.75) is 98.2 Å². The summed E-state index contributed by atoms with van der Waals surface area (Å²) in [5, 5.41) is 26.2. The number of ether oxygens (including phenoxy) is 2. The number of carbonyl (C=O) groups excluding carboxylic acids is 4. The monoisotopic (exact) mass is 917 g/mol. The van der Waals surface area contributed by atoms with E-state index >= 15 is 0 Å². The molecule has 0 spiro atoms. The summed E-state index contributed by atoms with van der Waals surface area (Å²) >= 11 is 12.2. The molecule has 3 aliphatic rings. The number of ketones is 1. The second-order valence-electron chi connectivity index (χ2n) is 18.8. The quantitative estimate of drug-likeness (QED) is 0.137. The van der Waals surface area contributed by atoms with Crippen LogP contribution in [0.1, 0.15) is 82.8 Å². The van der Waals surface area contributed by atoms with Gasteiger partial charge in [-0.15, -0.1) is 0 Å². The second kappa shape index (κ2) is 20.6. The van der Waals surface area contributed by atoms with Crippen LogP contribution in [-0.2, 0) is 25.7 Å². The molecule has 344 valence electrons. The smallest absolute Gasteiger partial charge is 0.250 e. The van der Waals surface area contributed by atoms with Crippen molar-refractivity contribution >= 4 is 52.5 Å². The first-order valence-electron chi connectivity index (χ1n) is 22.1. The predicted octanol–water partition coefficient (Wildman–Crippen LogP) is 5.91. The number of aliphatic hydroxyl groups excluding tert-OH is 1. The summed E-state index contributed by atoms with van der Waals surface area (Å²) in [6.45, 7) is 18.0. The van der Waals surface area contributed by atoms with Gasteiger partial charge in [0.05, 0.1) is 23.3 Å². The zero-order valence-corrected chi connectivity index (χ0v) is 39.3. The maximum absolute atomic E-state index is 13.6. The molecule has 3 N–H and O–H groups in total. The number of likely N-dealkylation sites (tertiary alicyclic amines) is 1. The van der Waals surface area contributed by atoms with Crippen LogP contribution in [0.5, 0.6) is 5.75 Å². The van der Waals surface area contributed by atoms with Crippen LogP contribution >= 0.6 is 23.2 Å². The van der Waals surface area contributed by atoms with Crippen LogP contribution in [0.15, 0.2) is 60.8 Å². The number of Topliss-reactive ketones (excluding diaryl/α,β-unsaturated/α-hetero) is 1. The fraction of sp³-hybridized carbons (Fsp3) is 0.542. The Bertz CT molecular complexity index is 2170. The standard InChI is InChI=1S/C48H61Cl2N7O7/c1-29(2)42(44(61)54-30(3)45(62)57-28-35(58)22-38(57)43(60)53-26-31-8-12-34(49)13-9-31)63-21-20-55-16-18-56(19-17-55)41-15-11-33(27-52-41)39(59)24-40-47(4,5)46(48(40,6)7)64-36-14-10-32(25-51)37(50)23-36/h8-15,23,27,29-30,35,38,40,42,46,58H,16-22,24,26,28H2,1-7H3,(H,53,60)(H,54,61)/t30-,35+,38-,40?,42-,46?/m0/s1. The molecular formula is C48H61Cl2N7O7. The fourth-order valence-electron chi connectivity index (χ4n) is 9.76. The zero-order valence-electron chi connectivity index (χ0n) is 37.8. The van der Waals surface area contributed by atoms with E-state index in [1.807, 2.05) is 26.0 Å². The summed E-state index contributed by atoms with van der Waals surface area (Å²) in [5.41, 5.74) is 1.24. The van der Waals surface area contributed by atoms with Gasteiger partial charge >= 0.3 is 0 Å². The van der Waals surface area contributed by atoms with Gasteiger partial charge in [0.25, 0.3) is 0 Å². The first kappa shape index (κ1) is 48.7. The molecule has 6 rings (SSSR count). The maximum atomic E-state index is 13.6. The third-order valence-electron chi connectivity index (χ3n) is 13.2. The summed E-state index contributed by atoms with van der Waals surface area (Å²) in [7, 11) is 0. The van der Waals surface area contributed by atoms with E-state index in [1.54, 1.807) is 55.6 Å². The first-order chi connectivity index (χ1) is 30.3. The largest absolute Gasteiger partial charge is 0.489 e. The van der Waals surface area contributed by atoms with Gasteiger partial charge in [-0.3, -0.25) is 24.1 Å². The van der Waals surface area contributed by atoms with Gasteiger partial charge in [-0.05, 0) is 60.7 Å². The van der Waals surface area contributed by atoms with E-state index in [2.05, 4.69) is 59.2 Å². The van der Waals surface area contributed by atoms with Crippen molar-refractivity contribution in [2.24, 2.45) is 22.7 Å². The van der Waals surface area contributed by atoms with Crippen LogP contribution in [0.3, 0.4) is 0 Å². The van der Waals surface area contributed by atoms with Crippen molar-refractivity contribution in [2.75, 3.05) is 50.8 Å². The third kappa shape index (κ3) is 11.2. The van der Waals surface area contributed by atoms with Gasteiger partial charge in [-0.2, -0.15) is 5.26 Å². The summed E-state index contributed by atoms with van der Waals surface area (Å²) in [6, 6.07) is 16.2. The lowest BCUT2D eigenvalue weighted by Crippen LogP contribution is -2.66. The molecule has 0 unspecified atom stereocenters. The number of nitriles is 1. The Kier molecular flexibility index (Phi) is 15.7. The molecule has 1 aromatic heterocycles. The number of piperazine rings is 1. The first-order valence-corrected chi connectivity index (χ1v) is 22.8. The number of pyridine rings is 1. The molecule has 3 heterocycles. The molecule has 2 aromatic carbocycles. The maximum Gasteiger partial charge on any atom is 0.250 e. The number of hydrogen-bond acceptors (Lipinski definition) is 11. The van der Waals surface area contributed by atoms with Crippen molar-refractivity contribution in [1.82, 2.24) is 25.4 Å². The highest BCUT2D eigenvalue weighted by molar-refractivity contribution is 6.31. The van der Waals surface area contributed by atoms with Crippen LogP contribution < -0.4 is 20.3 Å². The van der Waals surface area contributed by atoms with Crippen molar-refractivity contribution in [1.29, 1.82) is 5.26 Å². The van der Waals surface area contributed by atoms with E-state index in [-0.39, 0.29) is 60.0 Å². The predicted molar refractivity (Wildman–Crippen MR) is 245 cm³/mol. The van der Waals surface area contributed by atoms with E-state index in [9.17, 15) is 29.5 Å². The molecule has 14 nitrogen and oxygen atoms in total. The summed E-state index contributed by atoms with van der Waals surface area (Å²) < 4.78 is 12.5. The average molecular weight is 919 g/mol. The number of rotatable bonds is 17. The number of anilines is 1. The number of aliphatic hydroxyl groups is 1. The van der Waals surface area contributed by atoms with Gasteiger partial charge in [0.15, 0.2) is 5.78 Å². The Morgan fingerprint density at radius 1 is 0.969 bits per heavy atom. The lowest BCUT2D eigenvalue weighted by molar-refractivity contribution is -0.196. The highest BCUT2D eigenvalue weighted by Crippen LogP contribution is 2.61. The van der Waals surface area contributed by atoms with Crippen LogP contribution in [0, 0.1) is 34.0 Å². The lowest BCUT2D eigenvalue weighted by Gasteiger charge is -2.63. The van der Waals surface area contributed by atoms with Gasteiger partial charge in [-0.25, -0.2) is 4.98 Å². The number of aromatic nitrogens is 1. The molecule has 1 saturated carbocycles. The molecule has 3 fully saturated rings. The Hall–Kier alpha value is -4.78. The summed E-state index contributed by atoms with van der Waals surface area (Å²) in [5.74, 6) is 0.0883. The van der Waals surface area contributed by atoms with Gasteiger partial charge in [-0.1, -0.05) is 76.9 Å². The van der Waals surface area contributed by atoms with E-state index in [1.165, 1.54) is 4.90 Å². The Labute approximate surface area is 386 Å². The van der Waals surface area contributed by atoms with E-state index in [0.717, 1.165) is 37.6 Å². The highest BCUT2D eigenvalue weighted by atomic mass is 35.5. The number of carbonyl (C=O) groups is 4. The molecule has 3 aromatic rings. The SMILES string of the molecule is CC(C)[C@H](OCCN1CCN(c2ccc(C(=O)CC3C(C)(C)C(Oc4ccc(C#N)c(Cl)c4)C3(C)C)cn2)CC1)C(=O)N[C@@H](C)C(=O)N1C[C@H](O)C[C@H]1C(=O)NCc1ccc(Cl)cc1. The van der Waals surface area contributed by atoms with Crippen LogP contribution in [0.2, 0.25) is 10.0 Å². The Balaban J connectivity index is 0.926. The number of benzene rings is 2. The van der Waals surface area contributed by atoms with Gasteiger partial charge in [0.1, 0.15) is 41.9 Å². The molecular weight excluding hydrogens is 857 g/mol. The fourth-order valence-corrected chi connectivity index (χ4v) is 10.1. The Morgan fingerprint density at radius 2 is 1.66 bits per heavy atom. The zero-order chi connectivity index (χ0) is 46.5. The average Bonchev–Trinajstić information content (AvgIpc) is 3.66. The van der Waals surface area contributed by atoms with E-state index in [0.29, 0.717) is 46.5 Å². The minimum Gasteiger partial charge on any atom is -0.489 e. The van der Waals surface area contributed by atoms with Crippen molar-refractivity contribution < 1.29 is 33.8 Å². The van der Waals surface area contributed by atoms with E-state index in [4.69, 9.17) is 32.7 Å². The molecule has 0 bridgehead atoms.